The molecule has 7 heteroatoms. The van der Waals surface area contributed by atoms with Crippen molar-refractivity contribution in [3.63, 3.8) is 0 Å². The van der Waals surface area contributed by atoms with Gasteiger partial charge < -0.3 is 19.8 Å². The highest BCUT2D eigenvalue weighted by Gasteiger charge is 2.45. The molecule has 0 amide bonds. The minimum absolute atomic E-state index is 0.00482. The van der Waals surface area contributed by atoms with Crippen LogP contribution in [0.25, 0.3) is 0 Å². The number of carbonyl (C=O) groups is 1. The van der Waals surface area contributed by atoms with Crippen molar-refractivity contribution in [3.8, 4) is 5.75 Å². The first-order valence-corrected chi connectivity index (χ1v) is 11.6. The monoisotopic (exact) mass is 477 g/mol. The minimum Gasteiger partial charge on any atom is -0.510 e. The number of esters is 1. The molecule has 0 fully saturated rings. The van der Waals surface area contributed by atoms with E-state index in [1.54, 1.807) is 35.2 Å². The molecule has 0 aromatic heterocycles. The first kappa shape index (κ1) is 24.3. The van der Waals surface area contributed by atoms with Crippen LogP contribution in [0.15, 0.2) is 53.9 Å². The predicted molar refractivity (Wildman–Crippen MR) is 128 cm³/mol. The molecular formula is C25H29Cl2NO4. The Morgan fingerprint density at radius 1 is 1.09 bits per heavy atom. The van der Waals surface area contributed by atoms with E-state index in [1.807, 2.05) is 32.9 Å². The number of phenols is 1. The third-order valence-corrected chi connectivity index (χ3v) is 6.37. The molecule has 2 aromatic carbocycles. The molecule has 1 unspecified atom stereocenters. The maximum Gasteiger partial charge on any atom is 0.359 e. The van der Waals surface area contributed by atoms with Crippen molar-refractivity contribution >= 4 is 34.9 Å². The lowest BCUT2D eigenvalue weighted by Crippen LogP contribution is -2.47. The van der Waals surface area contributed by atoms with Gasteiger partial charge in [0, 0.05) is 28.7 Å². The average molecular weight is 478 g/mol. The Balaban J connectivity index is 1.93. The van der Waals surface area contributed by atoms with Gasteiger partial charge in [0.25, 0.3) is 0 Å². The van der Waals surface area contributed by atoms with E-state index in [2.05, 4.69) is 0 Å². The second-order valence-corrected chi connectivity index (χ2v) is 9.40. The number of hydrogen-bond acceptors (Lipinski definition) is 5. The summed E-state index contributed by atoms with van der Waals surface area (Å²) in [7, 11) is 0. The van der Waals surface area contributed by atoms with Crippen molar-refractivity contribution in [1.82, 2.24) is 0 Å². The van der Waals surface area contributed by atoms with E-state index in [0.29, 0.717) is 35.1 Å². The van der Waals surface area contributed by atoms with Crippen molar-refractivity contribution < 1.29 is 19.7 Å². The molecule has 0 aliphatic carbocycles. The second kappa shape index (κ2) is 10.1. The molecule has 1 atom stereocenters. The van der Waals surface area contributed by atoms with Crippen LogP contribution in [0.4, 0.5) is 5.69 Å². The molecule has 0 spiro atoms. The number of hydrogen-bond donors (Lipinski definition) is 2. The molecule has 0 radical (unpaired) electrons. The molecule has 1 aliphatic rings. The van der Waals surface area contributed by atoms with E-state index >= 15 is 0 Å². The molecule has 0 saturated heterocycles. The molecule has 32 heavy (non-hydrogen) atoms. The number of aliphatic hydroxyl groups is 1. The van der Waals surface area contributed by atoms with Gasteiger partial charge in [-0.05, 0) is 61.1 Å². The van der Waals surface area contributed by atoms with Crippen molar-refractivity contribution in [2.75, 3.05) is 11.4 Å². The summed E-state index contributed by atoms with van der Waals surface area (Å²) in [5, 5.41) is 21.5. The number of halogens is 2. The average Bonchev–Trinajstić information content (AvgIpc) is 2.71. The van der Waals surface area contributed by atoms with E-state index in [0.717, 1.165) is 12.0 Å². The van der Waals surface area contributed by atoms with Crippen molar-refractivity contribution in [1.29, 1.82) is 0 Å². The van der Waals surface area contributed by atoms with Gasteiger partial charge in [-0.2, -0.15) is 0 Å². The van der Waals surface area contributed by atoms with Crippen LogP contribution in [0.5, 0.6) is 5.75 Å². The highest BCUT2D eigenvalue weighted by Crippen LogP contribution is 2.41. The molecule has 172 valence electrons. The molecule has 3 rings (SSSR count). The van der Waals surface area contributed by atoms with Gasteiger partial charge in [-0.15, -0.1) is 0 Å². The van der Waals surface area contributed by atoms with Gasteiger partial charge in [0.1, 0.15) is 17.1 Å². The van der Waals surface area contributed by atoms with Crippen LogP contribution in [0.3, 0.4) is 0 Å². The van der Waals surface area contributed by atoms with Gasteiger partial charge >= 0.3 is 5.97 Å². The van der Waals surface area contributed by atoms with Gasteiger partial charge in [-0.3, -0.25) is 0 Å². The molecule has 1 heterocycles. The lowest BCUT2D eigenvalue weighted by molar-refractivity contribution is -0.166. The summed E-state index contributed by atoms with van der Waals surface area (Å²) in [6, 6.07) is 12.0. The van der Waals surface area contributed by atoms with Crippen LogP contribution in [0.2, 0.25) is 10.0 Å². The van der Waals surface area contributed by atoms with E-state index in [4.69, 9.17) is 27.9 Å². The van der Waals surface area contributed by atoms with Crippen molar-refractivity contribution in [3.05, 3.63) is 69.5 Å². The van der Waals surface area contributed by atoms with Crippen LogP contribution < -0.4 is 4.90 Å². The molecule has 0 saturated carbocycles. The summed E-state index contributed by atoms with van der Waals surface area (Å²) in [5.41, 5.74) is 0.955. The topological polar surface area (TPSA) is 70.0 Å². The lowest BCUT2D eigenvalue weighted by atomic mass is 9.79. The summed E-state index contributed by atoms with van der Waals surface area (Å²) in [5.74, 6) is -0.353. The van der Waals surface area contributed by atoms with Crippen LogP contribution in [-0.4, -0.2) is 28.3 Å². The zero-order valence-corrected chi connectivity index (χ0v) is 20.1. The first-order valence-electron chi connectivity index (χ1n) is 10.8. The number of phenolic OH excluding ortho intramolecular Hbond substituents is 1. The minimum atomic E-state index is -0.827. The Morgan fingerprint density at radius 3 is 2.25 bits per heavy atom. The highest BCUT2D eigenvalue weighted by atomic mass is 35.5. The molecular weight excluding hydrogens is 449 g/mol. The van der Waals surface area contributed by atoms with E-state index in [9.17, 15) is 15.0 Å². The number of aliphatic hydroxyl groups excluding tert-OH is 1. The predicted octanol–water partition coefficient (Wildman–Crippen LogP) is 6.66. The van der Waals surface area contributed by atoms with Gasteiger partial charge in [-0.1, -0.05) is 56.1 Å². The molecule has 5 nitrogen and oxygen atoms in total. The van der Waals surface area contributed by atoms with Crippen molar-refractivity contribution in [2.45, 2.75) is 52.1 Å². The summed E-state index contributed by atoms with van der Waals surface area (Å²) in [6.45, 7) is 6.46. The molecule has 2 N–H and O–H groups in total. The summed E-state index contributed by atoms with van der Waals surface area (Å²) >= 11 is 12.4. The fourth-order valence-electron chi connectivity index (χ4n) is 4.08. The maximum absolute atomic E-state index is 13.3. The standard InChI is InChI=1S/C25H29Cl2NO4/c1-4-11-28(20-13-18(26)12-19(27)14-20)23-22(30)15-25(16(2)3,32-24(23)31)10-9-17-5-7-21(29)8-6-17/h5-8,12-14,16,29-30H,4,9-11,15H2,1-3H3. The lowest BCUT2D eigenvalue weighted by Gasteiger charge is -2.42. The number of aryl methyl sites for hydroxylation is 1. The van der Waals surface area contributed by atoms with Crippen LogP contribution in [0, 0.1) is 5.92 Å². The highest BCUT2D eigenvalue weighted by molar-refractivity contribution is 6.35. The van der Waals surface area contributed by atoms with E-state index in [1.165, 1.54) is 0 Å². The number of aromatic hydroxyl groups is 1. The van der Waals surface area contributed by atoms with E-state index in [-0.39, 0.29) is 29.5 Å². The Labute approximate surface area is 199 Å². The number of anilines is 1. The molecule has 1 aliphatic heterocycles. The number of cyclic esters (lactones) is 1. The third-order valence-electron chi connectivity index (χ3n) is 5.93. The van der Waals surface area contributed by atoms with Gasteiger partial charge in [0.15, 0.2) is 5.70 Å². The van der Waals surface area contributed by atoms with Crippen LogP contribution >= 0.6 is 23.2 Å². The SMILES string of the molecule is CCCN(C1=C(O)CC(CCc2ccc(O)cc2)(C(C)C)OC1=O)c1cc(Cl)cc(Cl)c1. The van der Waals surface area contributed by atoms with Crippen LogP contribution in [0.1, 0.15) is 45.6 Å². The maximum atomic E-state index is 13.3. The number of nitrogens with zero attached hydrogens (tertiary/aromatic N) is 1. The fraction of sp³-hybridized carbons (Fsp3) is 0.400. The number of carbonyl (C=O) groups excluding carboxylic acids is 1. The van der Waals surface area contributed by atoms with Crippen molar-refractivity contribution in [2.24, 2.45) is 5.92 Å². The fourth-order valence-corrected chi connectivity index (χ4v) is 4.59. The Kier molecular flexibility index (Phi) is 7.63. The number of ether oxygens (including phenoxy) is 1. The van der Waals surface area contributed by atoms with Gasteiger partial charge in [-0.25, -0.2) is 4.79 Å². The quantitative estimate of drug-likeness (QED) is 0.415. The molecule has 2 aromatic rings. The van der Waals surface area contributed by atoms with E-state index < -0.39 is 11.6 Å². The third kappa shape index (κ3) is 5.33. The Morgan fingerprint density at radius 2 is 1.72 bits per heavy atom. The summed E-state index contributed by atoms with van der Waals surface area (Å²) < 4.78 is 6.06. The Bertz CT molecular complexity index is 983. The smallest absolute Gasteiger partial charge is 0.359 e. The summed E-state index contributed by atoms with van der Waals surface area (Å²) in [4.78, 5) is 15.0. The largest absolute Gasteiger partial charge is 0.510 e. The Hall–Kier alpha value is -2.37. The zero-order chi connectivity index (χ0) is 23.5. The summed E-state index contributed by atoms with van der Waals surface area (Å²) in [6.07, 6.45) is 2.16. The van der Waals surface area contributed by atoms with Gasteiger partial charge in [0.2, 0.25) is 0 Å². The molecule has 0 bridgehead atoms. The van der Waals surface area contributed by atoms with Crippen LogP contribution in [-0.2, 0) is 16.0 Å². The first-order chi connectivity index (χ1) is 15.1. The normalized spacial score (nSPS) is 18.8. The second-order valence-electron chi connectivity index (χ2n) is 8.53. The number of benzene rings is 2. The number of rotatable bonds is 8. The van der Waals surface area contributed by atoms with Gasteiger partial charge in [0.05, 0.1) is 0 Å². The zero-order valence-electron chi connectivity index (χ0n) is 18.6.